The predicted molar refractivity (Wildman–Crippen MR) is 105 cm³/mol. The van der Waals surface area contributed by atoms with Gasteiger partial charge in [0.25, 0.3) is 23.6 Å². The van der Waals surface area contributed by atoms with Crippen LogP contribution in [0.2, 0.25) is 0 Å². The Morgan fingerprint density at radius 2 is 0.867 bits per heavy atom. The summed E-state index contributed by atoms with van der Waals surface area (Å²) in [5.41, 5.74) is 1.75. The van der Waals surface area contributed by atoms with Gasteiger partial charge < -0.3 is 28.5 Å². The van der Waals surface area contributed by atoms with Gasteiger partial charge in [-0.25, -0.2) is 0 Å². The maximum Gasteiger partial charge on any atom is 0.261 e. The van der Waals surface area contributed by atoms with Gasteiger partial charge in [-0.05, 0) is 24.3 Å². The number of hydrogen-bond donors (Lipinski definition) is 0. The molecule has 0 atom stereocenters. The third kappa shape index (κ3) is 3.77. The Labute approximate surface area is 191 Å². The first kappa shape index (κ1) is 22.1. The predicted octanol–water partition coefficient (Wildman–Crippen LogP) is -1.34. The van der Waals surface area contributed by atoms with E-state index in [2.05, 4.69) is 0 Å². The molecule has 4 rings (SSSR count). The van der Waals surface area contributed by atoms with Crippen molar-refractivity contribution in [2.75, 3.05) is 40.3 Å². The van der Waals surface area contributed by atoms with Crippen molar-refractivity contribution in [1.29, 1.82) is 0 Å². The van der Waals surface area contributed by atoms with E-state index in [0.717, 1.165) is 0 Å². The van der Waals surface area contributed by atoms with Gasteiger partial charge in [-0.2, -0.15) is 0 Å². The number of amides is 4. The third-order valence-electron chi connectivity index (χ3n) is 5.61. The molecular weight excluding hydrogens is 497 g/mol. The number of rotatable bonds is 6. The lowest BCUT2D eigenvalue weighted by molar-refractivity contribution is -0.888. The Hall–Kier alpha value is -2.59. The number of quaternary nitrogens is 1. The Bertz CT molecular complexity index is 899. The molecule has 0 bridgehead atoms. The van der Waals surface area contributed by atoms with E-state index < -0.39 is 0 Å². The molecule has 2 aromatic carbocycles. The summed E-state index contributed by atoms with van der Waals surface area (Å²) in [6, 6.07) is 13.6. The minimum absolute atomic E-state index is 0. The molecule has 156 valence electrons. The van der Waals surface area contributed by atoms with Crippen molar-refractivity contribution >= 4 is 23.6 Å². The normalized spacial score (nSPS) is 15.4. The van der Waals surface area contributed by atoms with E-state index in [4.69, 9.17) is 0 Å². The molecule has 0 saturated heterocycles. The average molecular weight is 519 g/mol. The third-order valence-corrected chi connectivity index (χ3v) is 5.61. The van der Waals surface area contributed by atoms with Crippen molar-refractivity contribution in [1.82, 2.24) is 9.80 Å². The molecule has 2 heterocycles. The summed E-state index contributed by atoms with van der Waals surface area (Å²) >= 11 is 0. The Morgan fingerprint density at radius 3 is 1.13 bits per heavy atom. The van der Waals surface area contributed by atoms with Gasteiger partial charge in [-0.1, -0.05) is 24.3 Å². The second-order valence-electron chi connectivity index (χ2n) is 8.00. The SMILES string of the molecule is C[N+](C)(CCN1C(=O)c2ccccc2C1=O)CCN1C(=O)c2ccccc2C1=O.[I-]. The fourth-order valence-electron chi connectivity index (χ4n) is 3.74. The zero-order valence-electron chi connectivity index (χ0n) is 16.8. The van der Waals surface area contributed by atoms with Crippen molar-refractivity contribution < 1.29 is 47.6 Å². The summed E-state index contributed by atoms with van der Waals surface area (Å²) in [6.07, 6.45) is 0. The summed E-state index contributed by atoms with van der Waals surface area (Å²) in [4.78, 5) is 52.6. The molecule has 0 aromatic heterocycles. The number of benzene rings is 2. The van der Waals surface area contributed by atoms with Crippen molar-refractivity contribution in [2.45, 2.75) is 0 Å². The second kappa shape index (κ2) is 8.27. The smallest absolute Gasteiger partial charge is 0.261 e. The lowest BCUT2D eigenvalue weighted by atomic mass is 10.1. The lowest BCUT2D eigenvalue weighted by Gasteiger charge is -2.32. The molecule has 0 fully saturated rings. The van der Waals surface area contributed by atoms with Gasteiger partial charge in [0, 0.05) is 0 Å². The molecule has 7 nitrogen and oxygen atoms in total. The van der Waals surface area contributed by atoms with E-state index in [0.29, 0.717) is 39.8 Å². The van der Waals surface area contributed by atoms with Gasteiger partial charge in [0.05, 0.1) is 62.5 Å². The molecular formula is C22H22IN3O4. The number of imide groups is 2. The number of halogens is 1. The number of nitrogens with zero attached hydrogens (tertiary/aromatic N) is 3. The van der Waals surface area contributed by atoms with Gasteiger partial charge in [0.1, 0.15) is 0 Å². The summed E-state index contributed by atoms with van der Waals surface area (Å²) in [5.74, 6) is -1.09. The molecule has 0 aliphatic carbocycles. The number of likely N-dealkylation sites (N-methyl/N-ethyl adjacent to an activating group) is 1. The molecule has 0 radical (unpaired) electrons. The standard InChI is InChI=1S/C22H22N3O4.HI/c1-25(2,13-11-23-19(26)15-7-3-4-8-16(15)20(23)27)14-12-24-21(28)17-9-5-6-10-18(17)22(24)29;/h3-10H,11-14H2,1-2H3;1H/q+1;/p-1. The average Bonchev–Trinajstić information content (AvgIpc) is 3.10. The van der Waals surface area contributed by atoms with Crippen LogP contribution in [0.5, 0.6) is 0 Å². The number of hydrogen-bond acceptors (Lipinski definition) is 4. The summed E-state index contributed by atoms with van der Waals surface area (Å²) < 4.78 is 0.459. The summed E-state index contributed by atoms with van der Waals surface area (Å²) in [6.45, 7) is 1.60. The van der Waals surface area contributed by atoms with Crippen LogP contribution in [0, 0.1) is 0 Å². The molecule has 30 heavy (non-hydrogen) atoms. The van der Waals surface area contributed by atoms with E-state index in [1.807, 2.05) is 14.1 Å². The fourth-order valence-corrected chi connectivity index (χ4v) is 3.74. The lowest BCUT2D eigenvalue weighted by Crippen LogP contribution is -3.00. The van der Waals surface area contributed by atoms with Crippen LogP contribution >= 0.6 is 0 Å². The minimum atomic E-state index is -0.272. The molecule has 2 aromatic rings. The highest BCUT2D eigenvalue weighted by molar-refractivity contribution is 6.22. The molecule has 4 amide bonds. The molecule has 0 spiro atoms. The van der Waals surface area contributed by atoms with Crippen molar-refractivity contribution in [3.05, 3.63) is 70.8 Å². The highest BCUT2D eigenvalue weighted by atomic mass is 127. The highest BCUT2D eigenvalue weighted by Gasteiger charge is 2.38. The first-order valence-electron chi connectivity index (χ1n) is 9.52. The summed E-state index contributed by atoms with van der Waals surface area (Å²) in [7, 11) is 3.91. The van der Waals surface area contributed by atoms with Crippen molar-refractivity contribution in [2.24, 2.45) is 0 Å². The van der Waals surface area contributed by atoms with Crippen LogP contribution in [-0.2, 0) is 0 Å². The molecule has 0 N–H and O–H groups in total. The molecule has 2 aliphatic rings. The van der Waals surface area contributed by atoms with Crippen LogP contribution in [0.4, 0.5) is 0 Å². The van der Waals surface area contributed by atoms with Gasteiger partial charge in [-0.3, -0.25) is 29.0 Å². The van der Waals surface area contributed by atoms with Crippen LogP contribution in [-0.4, -0.2) is 78.2 Å². The van der Waals surface area contributed by atoms with Gasteiger partial charge >= 0.3 is 0 Å². The molecule has 8 heteroatoms. The number of carbonyl (C=O) groups is 4. The molecule has 2 aliphatic heterocycles. The summed E-state index contributed by atoms with van der Waals surface area (Å²) in [5, 5.41) is 0. The van der Waals surface area contributed by atoms with Crippen molar-refractivity contribution in [3.63, 3.8) is 0 Å². The van der Waals surface area contributed by atoms with E-state index in [1.54, 1.807) is 48.5 Å². The van der Waals surface area contributed by atoms with Crippen molar-refractivity contribution in [3.8, 4) is 0 Å². The minimum Gasteiger partial charge on any atom is -1.00 e. The monoisotopic (exact) mass is 519 g/mol. The van der Waals surface area contributed by atoms with E-state index in [-0.39, 0.29) is 60.7 Å². The quantitative estimate of drug-likeness (QED) is 0.269. The van der Waals surface area contributed by atoms with Gasteiger partial charge in [0.15, 0.2) is 0 Å². The van der Waals surface area contributed by atoms with Gasteiger partial charge in [0.2, 0.25) is 0 Å². The number of carbonyl (C=O) groups excluding carboxylic acids is 4. The van der Waals surface area contributed by atoms with E-state index >= 15 is 0 Å². The Balaban J connectivity index is 0.00000256. The second-order valence-corrected chi connectivity index (χ2v) is 8.00. The van der Waals surface area contributed by atoms with Gasteiger partial charge in [-0.15, -0.1) is 0 Å². The van der Waals surface area contributed by atoms with Crippen LogP contribution in [0.1, 0.15) is 41.4 Å². The van der Waals surface area contributed by atoms with Crippen LogP contribution in [0.3, 0.4) is 0 Å². The largest absolute Gasteiger partial charge is 1.00 e. The first-order valence-corrected chi connectivity index (χ1v) is 9.52. The molecule has 0 saturated carbocycles. The van der Waals surface area contributed by atoms with Crippen LogP contribution in [0.15, 0.2) is 48.5 Å². The number of fused-ring (bicyclic) bond motifs is 2. The zero-order valence-corrected chi connectivity index (χ0v) is 19.0. The van der Waals surface area contributed by atoms with E-state index in [9.17, 15) is 19.2 Å². The highest BCUT2D eigenvalue weighted by Crippen LogP contribution is 2.24. The maximum absolute atomic E-state index is 12.5. The Kier molecular flexibility index (Phi) is 6.09. The van der Waals surface area contributed by atoms with Crippen LogP contribution in [0.25, 0.3) is 0 Å². The molecule has 0 unspecified atom stereocenters. The zero-order chi connectivity index (χ0) is 20.8. The van der Waals surface area contributed by atoms with E-state index in [1.165, 1.54) is 9.80 Å². The fraction of sp³-hybridized carbons (Fsp3) is 0.273. The maximum atomic E-state index is 12.5. The topological polar surface area (TPSA) is 74.8 Å². The van der Waals surface area contributed by atoms with Crippen LogP contribution < -0.4 is 24.0 Å². The first-order chi connectivity index (χ1) is 13.8. The Morgan fingerprint density at radius 1 is 0.600 bits per heavy atom.